The Morgan fingerprint density at radius 2 is 2.19 bits per heavy atom. The highest BCUT2D eigenvalue weighted by Crippen LogP contribution is 2.13. The Balaban J connectivity index is 1.71. The number of rotatable bonds is 6. The molecule has 7 heteroatoms. The van der Waals surface area contributed by atoms with Gasteiger partial charge in [0.05, 0.1) is 46.1 Å². The van der Waals surface area contributed by atoms with Gasteiger partial charge in [-0.05, 0) is 12.8 Å². The average Bonchev–Trinajstić information content (AvgIpc) is 3.04. The molecule has 7 nitrogen and oxygen atoms in total. The van der Waals surface area contributed by atoms with Crippen molar-refractivity contribution in [2.45, 2.75) is 31.4 Å². The molecule has 0 N–H and O–H groups in total. The van der Waals surface area contributed by atoms with Crippen molar-refractivity contribution in [2.24, 2.45) is 0 Å². The third-order valence-corrected chi connectivity index (χ3v) is 3.71. The van der Waals surface area contributed by atoms with E-state index in [0.717, 1.165) is 19.4 Å². The van der Waals surface area contributed by atoms with E-state index in [0.29, 0.717) is 26.4 Å². The van der Waals surface area contributed by atoms with E-state index < -0.39 is 12.0 Å². The van der Waals surface area contributed by atoms with Crippen LogP contribution in [0.1, 0.15) is 19.3 Å². The van der Waals surface area contributed by atoms with Gasteiger partial charge < -0.3 is 23.8 Å². The fourth-order valence-electron chi connectivity index (χ4n) is 2.53. The molecule has 21 heavy (non-hydrogen) atoms. The first-order chi connectivity index (χ1) is 10.2. The van der Waals surface area contributed by atoms with Gasteiger partial charge >= 0.3 is 5.97 Å². The van der Waals surface area contributed by atoms with E-state index in [9.17, 15) is 9.59 Å². The van der Waals surface area contributed by atoms with E-state index in [4.69, 9.17) is 18.9 Å². The number of hydrogen-bond donors (Lipinski definition) is 0. The summed E-state index contributed by atoms with van der Waals surface area (Å²) >= 11 is 0. The second-order valence-corrected chi connectivity index (χ2v) is 5.16. The van der Waals surface area contributed by atoms with Crippen molar-refractivity contribution in [2.75, 3.05) is 46.7 Å². The molecular formula is C14H23NO6. The summed E-state index contributed by atoms with van der Waals surface area (Å²) < 4.78 is 20.9. The average molecular weight is 301 g/mol. The smallest absolute Gasteiger partial charge is 0.331 e. The summed E-state index contributed by atoms with van der Waals surface area (Å²) in [5, 5.41) is 0. The molecule has 2 rings (SSSR count). The van der Waals surface area contributed by atoms with Gasteiger partial charge in [-0.25, -0.2) is 4.79 Å². The van der Waals surface area contributed by atoms with E-state index in [1.165, 1.54) is 12.0 Å². The van der Waals surface area contributed by atoms with Crippen LogP contribution in [0.25, 0.3) is 0 Å². The monoisotopic (exact) mass is 301 g/mol. The molecule has 2 saturated heterocycles. The lowest BCUT2D eigenvalue weighted by molar-refractivity contribution is -0.161. The van der Waals surface area contributed by atoms with Gasteiger partial charge in [0.15, 0.2) is 6.04 Å². The molecule has 0 bridgehead atoms. The summed E-state index contributed by atoms with van der Waals surface area (Å²) in [5.74, 6) is -0.552. The molecule has 2 heterocycles. The quantitative estimate of drug-likeness (QED) is 0.507. The van der Waals surface area contributed by atoms with Crippen molar-refractivity contribution < 1.29 is 28.5 Å². The van der Waals surface area contributed by atoms with Crippen LogP contribution < -0.4 is 0 Å². The molecule has 0 saturated carbocycles. The fraction of sp³-hybridized carbons (Fsp3) is 0.857. The molecule has 1 amide bonds. The van der Waals surface area contributed by atoms with E-state index in [1.807, 2.05) is 0 Å². The van der Waals surface area contributed by atoms with Crippen LogP contribution in [0.5, 0.6) is 0 Å². The van der Waals surface area contributed by atoms with E-state index in [-0.39, 0.29) is 25.0 Å². The molecule has 0 unspecified atom stereocenters. The summed E-state index contributed by atoms with van der Waals surface area (Å²) in [6.45, 7) is 2.69. The predicted octanol–water partition coefficient (Wildman–Crippen LogP) is -0.0275. The summed E-state index contributed by atoms with van der Waals surface area (Å²) in [6, 6.07) is -0.644. The first-order valence-electron chi connectivity index (χ1n) is 7.36. The van der Waals surface area contributed by atoms with Crippen LogP contribution in [0, 0.1) is 0 Å². The third-order valence-electron chi connectivity index (χ3n) is 3.71. The van der Waals surface area contributed by atoms with Gasteiger partial charge in [-0.3, -0.25) is 4.79 Å². The van der Waals surface area contributed by atoms with Gasteiger partial charge in [0.2, 0.25) is 5.91 Å². The van der Waals surface area contributed by atoms with Crippen molar-refractivity contribution in [3.8, 4) is 0 Å². The van der Waals surface area contributed by atoms with Crippen LogP contribution in [0.15, 0.2) is 0 Å². The molecule has 0 aliphatic carbocycles. The van der Waals surface area contributed by atoms with Crippen LogP contribution in [-0.4, -0.2) is 75.6 Å². The van der Waals surface area contributed by atoms with Gasteiger partial charge in [-0.2, -0.15) is 0 Å². The van der Waals surface area contributed by atoms with Crippen LogP contribution in [0.2, 0.25) is 0 Å². The molecule has 120 valence electrons. The molecule has 0 aromatic rings. The maximum atomic E-state index is 12.2. The Kier molecular flexibility index (Phi) is 6.41. The maximum Gasteiger partial charge on any atom is 0.331 e. The normalized spacial score (nSPS) is 25.9. The Hall–Kier alpha value is -1.18. The van der Waals surface area contributed by atoms with Crippen molar-refractivity contribution in [1.29, 1.82) is 0 Å². The Morgan fingerprint density at radius 1 is 1.33 bits per heavy atom. The van der Waals surface area contributed by atoms with E-state index in [1.54, 1.807) is 0 Å². The van der Waals surface area contributed by atoms with Crippen LogP contribution in [-0.2, 0) is 28.5 Å². The van der Waals surface area contributed by atoms with Crippen LogP contribution >= 0.6 is 0 Å². The van der Waals surface area contributed by atoms with E-state index >= 15 is 0 Å². The standard InChI is InChI=1S/C14H23NO6/c1-18-14(17)12-10-20-8-5-15(12)13(16)4-7-19-9-11-3-2-6-21-11/h11-12H,2-10H2,1H3/t11-,12+/m1/s1. The molecule has 2 aliphatic rings. The highest BCUT2D eigenvalue weighted by Gasteiger charge is 2.33. The number of carbonyl (C=O) groups is 2. The lowest BCUT2D eigenvalue weighted by Gasteiger charge is -2.33. The third kappa shape index (κ3) is 4.66. The predicted molar refractivity (Wildman–Crippen MR) is 72.7 cm³/mol. The van der Waals surface area contributed by atoms with Gasteiger partial charge in [-0.15, -0.1) is 0 Å². The lowest BCUT2D eigenvalue weighted by atomic mass is 10.2. The highest BCUT2D eigenvalue weighted by molar-refractivity contribution is 5.84. The number of methoxy groups -OCH3 is 1. The maximum absolute atomic E-state index is 12.2. The second-order valence-electron chi connectivity index (χ2n) is 5.16. The summed E-state index contributed by atoms with van der Waals surface area (Å²) in [5.41, 5.74) is 0. The van der Waals surface area contributed by atoms with Gasteiger partial charge in [-0.1, -0.05) is 0 Å². The summed E-state index contributed by atoms with van der Waals surface area (Å²) in [7, 11) is 1.31. The van der Waals surface area contributed by atoms with Gasteiger partial charge in [0.1, 0.15) is 0 Å². The number of esters is 1. The van der Waals surface area contributed by atoms with Crippen molar-refractivity contribution in [3.05, 3.63) is 0 Å². The minimum atomic E-state index is -0.644. The molecule has 0 aromatic carbocycles. The molecule has 2 aliphatic heterocycles. The first kappa shape index (κ1) is 16.2. The summed E-state index contributed by atoms with van der Waals surface area (Å²) in [4.78, 5) is 25.3. The number of nitrogens with zero attached hydrogens (tertiary/aromatic N) is 1. The molecule has 2 fully saturated rings. The second kappa shape index (κ2) is 8.31. The Bertz CT molecular complexity index is 355. The number of morpholine rings is 1. The SMILES string of the molecule is COC(=O)[C@@H]1COCCN1C(=O)CCOC[C@H]1CCCO1. The molecule has 2 atom stereocenters. The number of hydrogen-bond acceptors (Lipinski definition) is 6. The van der Waals surface area contributed by atoms with Crippen molar-refractivity contribution in [3.63, 3.8) is 0 Å². The topological polar surface area (TPSA) is 74.3 Å². The number of amides is 1. The number of ether oxygens (including phenoxy) is 4. The zero-order valence-corrected chi connectivity index (χ0v) is 12.4. The van der Waals surface area contributed by atoms with E-state index in [2.05, 4.69) is 0 Å². The molecule has 0 spiro atoms. The molecular weight excluding hydrogens is 278 g/mol. The minimum Gasteiger partial charge on any atom is -0.467 e. The largest absolute Gasteiger partial charge is 0.467 e. The Morgan fingerprint density at radius 3 is 2.90 bits per heavy atom. The Labute approximate surface area is 124 Å². The zero-order valence-electron chi connectivity index (χ0n) is 12.4. The lowest BCUT2D eigenvalue weighted by Crippen LogP contribution is -2.53. The van der Waals surface area contributed by atoms with Crippen LogP contribution in [0.4, 0.5) is 0 Å². The van der Waals surface area contributed by atoms with Gasteiger partial charge in [0, 0.05) is 13.2 Å². The number of carbonyl (C=O) groups excluding carboxylic acids is 2. The summed E-state index contributed by atoms with van der Waals surface area (Å²) in [6.07, 6.45) is 2.50. The highest BCUT2D eigenvalue weighted by atomic mass is 16.5. The minimum absolute atomic E-state index is 0.110. The van der Waals surface area contributed by atoms with Gasteiger partial charge in [0.25, 0.3) is 0 Å². The van der Waals surface area contributed by atoms with Crippen molar-refractivity contribution >= 4 is 11.9 Å². The molecule has 0 radical (unpaired) electrons. The zero-order chi connectivity index (χ0) is 15.1. The first-order valence-corrected chi connectivity index (χ1v) is 7.36. The fourth-order valence-corrected chi connectivity index (χ4v) is 2.53. The van der Waals surface area contributed by atoms with Crippen molar-refractivity contribution in [1.82, 2.24) is 4.90 Å². The van der Waals surface area contributed by atoms with Crippen LogP contribution in [0.3, 0.4) is 0 Å². The molecule has 0 aromatic heterocycles.